The summed E-state index contributed by atoms with van der Waals surface area (Å²) in [5.41, 5.74) is 5.23. The van der Waals surface area contributed by atoms with E-state index in [0.29, 0.717) is 32.7 Å². The molecule has 0 aliphatic rings. The van der Waals surface area contributed by atoms with Crippen molar-refractivity contribution in [3.05, 3.63) is 0 Å². The van der Waals surface area contributed by atoms with Crippen molar-refractivity contribution in [1.82, 2.24) is 4.72 Å². The third-order valence-corrected chi connectivity index (χ3v) is 3.30. The summed E-state index contributed by atoms with van der Waals surface area (Å²) in [6.07, 6.45) is 2.59. The van der Waals surface area contributed by atoms with Crippen molar-refractivity contribution in [2.24, 2.45) is 5.73 Å². The van der Waals surface area contributed by atoms with Gasteiger partial charge in [-0.05, 0) is 19.4 Å². The Bertz CT molecular complexity index is 230. The average Bonchev–Trinajstić information content (AvgIpc) is 2.20. The molecule has 0 aromatic heterocycles. The highest BCUT2D eigenvalue weighted by Crippen LogP contribution is 1.89. The lowest BCUT2D eigenvalue weighted by atomic mass is 10.4. The largest absolute Gasteiger partial charge is 0.380 e. The molecule has 0 saturated heterocycles. The minimum Gasteiger partial charge on any atom is -0.380 e. The Labute approximate surface area is 92.4 Å². The first-order valence-electron chi connectivity index (χ1n) is 5.37. The van der Waals surface area contributed by atoms with Gasteiger partial charge in [-0.3, -0.25) is 0 Å². The van der Waals surface area contributed by atoms with Gasteiger partial charge in [0.15, 0.2) is 0 Å². The van der Waals surface area contributed by atoms with Crippen LogP contribution in [0.3, 0.4) is 0 Å². The molecule has 0 spiro atoms. The molecule has 0 atom stereocenters. The van der Waals surface area contributed by atoms with Crippen LogP contribution >= 0.6 is 0 Å². The number of nitrogens with two attached hydrogens (primary N) is 1. The predicted octanol–water partition coefficient (Wildman–Crippen LogP) is 0.0713. The van der Waals surface area contributed by atoms with Gasteiger partial charge < -0.3 is 10.5 Å². The zero-order valence-electron chi connectivity index (χ0n) is 9.37. The molecule has 0 aliphatic heterocycles. The number of ether oxygens (including phenoxy) is 1. The molecule has 0 aromatic carbocycles. The molecular weight excluding hydrogens is 216 g/mol. The fourth-order valence-electron chi connectivity index (χ4n) is 0.963. The van der Waals surface area contributed by atoms with Gasteiger partial charge in [-0.15, -0.1) is 0 Å². The van der Waals surface area contributed by atoms with Gasteiger partial charge in [0.25, 0.3) is 0 Å². The van der Waals surface area contributed by atoms with Gasteiger partial charge in [0.2, 0.25) is 10.0 Å². The maximum atomic E-state index is 11.3. The standard InChI is InChI=1S/C9H22N2O3S/c1-2-3-7-14-8-6-11-15(12,13)9-4-5-10/h11H,2-10H2,1H3. The van der Waals surface area contributed by atoms with Crippen LogP contribution in [0.15, 0.2) is 0 Å². The molecule has 0 aliphatic carbocycles. The maximum absolute atomic E-state index is 11.3. The molecule has 15 heavy (non-hydrogen) atoms. The number of sulfonamides is 1. The average molecular weight is 238 g/mol. The van der Waals surface area contributed by atoms with Crippen LogP contribution in [0.2, 0.25) is 0 Å². The lowest BCUT2D eigenvalue weighted by Crippen LogP contribution is -2.30. The van der Waals surface area contributed by atoms with E-state index in [1.54, 1.807) is 0 Å². The second kappa shape index (κ2) is 9.08. The SMILES string of the molecule is CCCCOCCNS(=O)(=O)CCCN. The monoisotopic (exact) mass is 238 g/mol. The Hall–Kier alpha value is -0.170. The van der Waals surface area contributed by atoms with E-state index >= 15 is 0 Å². The summed E-state index contributed by atoms with van der Waals surface area (Å²) in [7, 11) is -3.15. The van der Waals surface area contributed by atoms with E-state index in [2.05, 4.69) is 11.6 Å². The van der Waals surface area contributed by atoms with E-state index in [-0.39, 0.29) is 5.75 Å². The third kappa shape index (κ3) is 10.1. The van der Waals surface area contributed by atoms with Crippen LogP contribution in [0.25, 0.3) is 0 Å². The summed E-state index contributed by atoms with van der Waals surface area (Å²) in [4.78, 5) is 0. The van der Waals surface area contributed by atoms with E-state index < -0.39 is 10.0 Å². The molecular formula is C9H22N2O3S. The van der Waals surface area contributed by atoms with Crippen molar-refractivity contribution >= 4 is 10.0 Å². The number of hydrogen-bond donors (Lipinski definition) is 2. The molecule has 0 rings (SSSR count). The van der Waals surface area contributed by atoms with Crippen LogP contribution in [0.4, 0.5) is 0 Å². The van der Waals surface area contributed by atoms with Crippen LogP contribution in [0, 0.1) is 0 Å². The molecule has 0 aromatic rings. The molecule has 0 unspecified atom stereocenters. The van der Waals surface area contributed by atoms with Gasteiger partial charge >= 0.3 is 0 Å². The number of unbranched alkanes of at least 4 members (excludes halogenated alkanes) is 1. The number of hydrogen-bond acceptors (Lipinski definition) is 4. The van der Waals surface area contributed by atoms with Crippen LogP contribution < -0.4 is 10.5 Å². The lowest BCUT2D eigenvalue weighted by Gasteiger charge is -2.06. The minimum absolute atomic E-state index is 0.0957. The van der Waals surface area contributed by atoms with Crippen molar-refractivity contribution in [3.63, 3.8) is 0 Å². The van der Waals surface area contributed by atoms with Crippen molar-refractivity contribution < 1.29 is 13.2 Å². The van der Waals surface area contributed by atoms with Crippen LogP contribution in [0.1, 0.15) is 26.2 Å². The van der Waals surface area contributed by atoms with Crippen LogP contribution in [-0.2, 0) is 14.8 Å². The second-order valence-electron chi connectivity index (χ2n) is 3.32. The van der Waals surface area contributed by atoms with Crippen LogP contribution in [-0.4, -0.2) is 40.5 Å². The fourth-order valence-corrected chi connectivity index (χ4v) is 2.05. The molecule has 6 heteroatoms. The summed E-state index contributed by atoms with van der Waals surface area (Å²) in [6, 6.07) is 0. The molecule has 0 amide bonds. The van der Waals surface area contributed by atoms with E-state index in [1.807, 2.05) is 0 Å². The lowest BCUT2D eigenvalue weighted by molar-refractivity contribution is 0.136. The van der Waals surface area contributed by atoms with E-state index in [4.69, 9.17) is 10.5 Å². The summed E-state index contributed by atoms with van der Waals surface area (Å²) in [5.74, 6) is 0.0957. The molecule has 0 bridgehead atoms. The third-order valence-electron chi connectivity index (χ3n) is 1.83. The highest BCUT2D eigenvalue weighted by atomic mass is 32.2. The Morgan fingerprint density at radius 2 is 2.00 bits per heavy atom. The van der Waals surface area contributed by atoms with Gasteiger partial charge in [0.05, 0.1) is 12.4 Å². The van der Waals surface area contributed by atoms with Gasteiger partial charge in [0.1, 0.15) is 0 Å². The van der Waals surface area contributed by atoms with E-state index in [9.17, 15) is 8.42 Å². The molecule has 92 valence electrons. The zero-order valence-corrected chi connectivity index (χ0v) is 10.2. The van der Waals surface area contributed by atoms with Crippen molar-refractivity contribution in [2.75, 3.05) is 32.1 Å². The Balaban J connectivity index is 3.41. The maximum Gasteiger partial charge on any atom is 0.211 e. The van der Waals surface area contributed by atoms with Gasteiger partial charge in [-0.1, -0.05) is 13.3 Å². The predicted molar refractivity (Wildman–Crippen MR) is 61.2 cm³/mol. The zero-order chi connectivity index (χ0) is 11.6. The van der Waals surface area contributed by atoms with Gasteiger partial charge in [0, 0.05) is 13.2 Å². The molecule has 0 heterocycles. The first kappa shape index (κ1) is 14.8. The van der Waals surface area contributed by atoms with Crippen molar-refractivity contribution in [3.8, 4) is 0 Å². The number of rotatable bonds is 10. The van der Waals surface area contributed by atoms with E-state index in [1.165, 1.54) is 0 Å². The topological polar surface area (TPSA) is 81.4 Å². The highest BCUT2D eigenvalue weighted by molar-refractivity contribution is 7.89. The van der Waals surface area contributed by atoms with Crippen molar-refractivity contribution in [2.45, 2.75) is 26.2 Å². The van der Waals surface area contributed by atoms with Crippen molar-refractivity contribution in [1.29, 1.82) is 0 Å². The molecule has 3 N–H and O–H groups in total. The first-order valence-corrected chi connectivity index (χ1v) is 7.02. The summed E-state index contributed by atoms with van der Waals surface area (Å²) in [5, 5.41) is 0. The summed E-state index contributed by atoms with van der Waals surface area (Å²) in [6.45, 7) is 3.95. The first-order chi connectivity index (χ1) is 7.12. The number of nitrogens with one attached hydrogen (secondary N) is 1. The van der Waals surface area contributed by atoms with E-state index in [0.717, 1.165) is 12.8 Å². The van der Waals surface area contributed by atoms with Crippen LogP contribution in [0.5, 0.6) is 0 Å². The molecule has 0 saturated carbocycles. The molecule has 0 fully saturated rings. The Kier molecular flexibility index (Phi) is 8.98. The Morgan fingerprint density at radius 3 is 2.60 bits per heavy atom. The highest BCUT2D eigenvalue weighted by Gasteiger charge is 2.07. The summed E-state index contributed by atoms with van der Waals surface area (Å²) >= 11 is 0. The Morgan fingerprint density at radius 1 is 1.27 bits per heavy atom. The molecule has 0 radical (unpaired) electrons. The smallest absolute Gasteiger partial charge is 0.211 e. The van der Waals surface area contributed by atoms with Gasteiger partial charge in [-0.2, -0.15) is 0 Å². The minimum atomic E-state index is -3.15. The molecule has 5 nitrogen and oxygen atoms in total. The second-order valence-corrected chi connectivity index (χ2v) is 5.25. The quantitative estimate of drug-likeness (QED) is 0.528. The summed E-state index contributed by atoms with van der Waals surface area (Å²) < 4.78 is 30.2. The van der Waals surface area contributed by atoms with Gasteiger partial charge in [-0.25, -0.2) is 13.1 Å². The fraction of sp³-hybridized carbons (Fsp3) is 1.00. The normalized spacial score (nSPS) is 11.9.